The minimum atomic E-state index is -4.55. The van der Waals surface area contributed by atoms with E-state index in [1.165, 1.54) is 10.7 Å². The van der Waals surface area contributed by atoms with Crippen LogP contribution in [0.15, 0.2) is 12.3 Å². The molecule has 0 bridgehead atoms. The summed E-state index contributed by atoms with van der Waals surface area (Å²) in [5, 5.41) is 3.58. The molecule has 5 nitrogen and oxygen atoms in total. The van der Waals surface area contributed by atoms with Gasteiger partial charge in [-0.2, -0.15) is 18.2 Å². The summed E-state index contributed by atoms with van der Waals surface area (Å²) in [5.41, 5.74) is 0.740. The maximum atomic E-state index is 12.7. The maximum absolute atomic E-state index is 12.7. The molecular weight excluding hydrogens is 271 g/mol. The van der Waals surface area contributed by atoms with Gasteiger partial charge in [-0.05, 0) is 32.5 Å². The molecule has 2 aromatic rings. The van der Waals surface area contributed by atoms with Gasteiger partial charge in [0.2, 0.25) is 0 Å². The van der Waals surface area contributed by atoms with Gasteiger partial charge >= 0.3 is 6.18 Å². The van der Waals surface area contributed by atoms with E-state index in [0.717, 1.165) is 31.6 Å². The molecule has 1 aliphatic heterocycles. The van der Waals surface area contributed by atoms with Crippen LogP contribution in [0.1, 0.15) is 30.3 Å². The van der Waals surface area contributed by atoms with Gasteiger partial charge in [-0.3, -0.25) is 0 Å². The molecule has 0 N–H and O–H groups in total. The Hall–Kier alpha value is -1.70. The number of fused-ring (bicyclic) bond motifs is 1. The van der Waals surface area contributed by atoms with Gasteiger partial charge in [0, 0.05) is 18.7 Å². The number of piperidine rings is 1. The number of rotatable bonds is 1. The summed E-state index contributed by atoms with van der Waals surface area (Å²) in [6.07, 6.45) is -1.10. The first-order chi connectivity index (χ1) is 9.45. The topological polar surface area (TPSA) is 46.3 Å². The average molecular weight is 285 g/mol. The van der Waals surface area contributed by atoms with Crippen molar-refractivity contribution in [2.75, 3.05) is 20.1 Å². The Morgan fingerprint density at radius 1 is 1.35 bits per heavy atom. The van der Waals surface area contributed by atoms with Gasteiger partial charge in [0.1, 0.15) is 0 Å². The summed E-state index contributed by atoms with van der Waals surface area (Å²) in [5.74, 6) is -0.980. The fourth-order valence-corrected chi connectivity index (χ4v) is 2.65. The smallest absolute Gasteiger partial charge is 0.306 e. The van der Waals surface area contributed by atoms with Crippen LogP contribution in [-0.4, -0.2) is 44.6 Å². The third kappa shape index (κ3) is 2.35. The molecule has 20 heavy (non-hydrogen) atoms. The highest BCUT2D eigenvalue weighted by atomic mass is 19.4. The molecule has 1 saturated heterocycles. The van der Waals surface area contributed by atoms with Gasteiger partial charge in [0.25, 0.3) is 11.6 Å². The van der Waals surface area contributed by atoms with Gasteiger partial charge in [0.05, 0.1) is 5.69 Å². The number of likely N-dealkylation sites (tertiary alicyclic amines) is 1. The summed E-state index contributed by atoms with van der Waals surface area (Å²) >= 11 is 0. The first kappa shape index (κ1) is 13.3. The van der Waals surface area contributed by atoms with Gasteiger partial charge in [-0.1, -0.05) is 0 Å². The van der Waals surface area contributed by atoms with E-state index in [1.807, 2.05) is 7.05 Å². The van der Waals surface area contributed by atoms with Crippen molar-refractivity contribution < 1.29 is 13.2 Å². The number of alkyl halides is 3. The molecule has 3 heterocycles. The molecule has 1 atom stereocenters. The lowest BCUT2D eigenvalue weighted by Crippen LogP contribution is -2.31. The fraction of sp³-hybridized carbons (Fsp3) is 0.583. The average Bonchev–Trinajstić information content (AvgIpc) is 2.82. The van der Waals surface area contributed by atoms with Crippen molar-refractivity contribution >= 4 is 5.78 Å². The normalized spacial score (nSPS) is 21.5. The van der Waals surface area contributed by atoms with Crippen LogP contribution >= 0.6 is 0 Å². The number of hydrogen-bond acceptors (Lipinski definition) is 4. The van der Waals surface area contributed by atoms with E-state index in [1.54, 1.807) is 6.07 Å². The zero-order valence-corrected chi connectivity index (χ0v) is 10.9. The summed E-state index contributed by atoms with van der Waals surface area (Å²) in [7, 11) is 2.01. The molecule has 3 rings (SSSR count). The van der Waals surface area contributed by atoms with Crippen LogP contribution < -0.4 is 0 Å². The molecule has 1 fully saturated rings. The highest BCUT2D eigenvalue weighted by Gasteiger charge is 2.37. The summed E-state index contributed by atoms with van der Waals surface area (Å²) in [4.78, 5) is 9.49. The van der Waals surface area contributed by atoms with Crippen molar-refractivity contribution in [2.45, 2.75) is 24.9 Å². The zero-order chi connectivity index (χ0) is 14.3. The quantitative estimate of drug-likeness (QED) is 0.803. The highest BCUT2D eigenvalue weighted by molar-refractivity contribution is 5.30. The first-order valence-electron chi connectivity index (χ1n) is 6.42. The molecule has 0 radical (unpaired) electrons. The van der Waals surface area contributed by atoms with Gasteiger partial charge in [-0.15, -0.1) is 5.10 Å². The SMILES string of the molecule is CN1CCC[C@H](c2ccnc3nc(C(F)(F)F)nn23)C1. The Kier molecular flexibility index (Phi) is 3.12. The Labute approximate surface area is 113 Å². The van der Waals surface area contributed by atoms with E-state index in [2.05, 4.69) is 20.0 Å². The second-order valence-electron chi connectivity index (χ2n) is 5.12. The van der Waals surface area contributed by atoms with Gasteiger partial charge < -0.3 is 4.90 Å². The van der Waals surface area contributed by atoms with Crippen LogP contribution in [0.4, 0.5) is 13.2 Å². The van der Waals surface area contributed by atoms with Crippen molar-refractivity contribution in [3.05, 3.63) is 23.8 Å². The molecule has 0 aromatic carbocycles. The van der Waals surface area contributed by atoms with E-state index in [4.69, 9.17) is 0 Å². The molecule has 0 aliphatic carbocycles. The number of likely N-dealkylation sites (N-methyl/N-ethyl adjacent to an activating group) is 1. The summed E-state index contributed by atoms with van der Waals surface area (Å²) < 4.78 is 39.3. The Morgan fingerprint density at radius 3 is 2.85 bits per heavy atom. The van der Waals surface area contributed by atoms with Crippen molar-refractivity contribution in [1.29, 1.82) is 0 Å². The van der Waals surface area contributed by atoms with E-state index >= 15 is 0 Å². The van der Waals surface area contributed by atoms with Gasteiger partial charge in [0.15, 0.2) is 0 Å². The van der Waals surface area contributed by atoms with Crippen molar-refractivity contribution in [3.63, 3.8) is 0 Å². The minimum Gasteiger partial charge on any atom is -0.306 e. The molecule has 2 aromatic heterocycles. The molecule has 0 spiro atoms. The van der Waals surface area contributed by atoms with Crippen molar-refractivity contribution in [3.8, 4) is 0 Å². The fourth-order valence-electron chi connectivity index (χ4n) is 2.65. The lowest BCUT2D eigenvalue weighted by molar-refractivity contribution is -0.144. The second kappa shape index (κ2) is 4.69. The van der Waals surface area contributed by atoms with Crippen LogP contribution in [0.5, 0.6) is 0 Å². The molecule has 0 unspecified atom stereocenters. The minimum absolute atomic E-state index is 0.00283. The second-order valence-corrected chi connectivity index (χ2v) is 5.12. The zero-order valence-electron chi connectivity index (χ0n) is 10.9. The van der Waals surface area contributed by atoms with Crippen LogP contribution in [-0.2, 0) is 6.18 Å². The van der Waals surface area contributed by atoms with Crippen LogP contribution in [0.25, 0.3) is 5.78 Å². The number of nitrogens with zero attached hydrogens (tertiary/aromatic N) is 5. The van der Waals surface area contributed by atoms with Crippen LogP contribution in [0.3, 0.4) is 0 Å². The van der Waals surface area contributed by atoms with E-state index in [9.17, 15) is 13.2 Å². The Morgan fingerprint density at radius 2 is 2.15 bits per heavy atom. The number of hydrogen-bond donors (Lipinski definition) is 0. The molecule has 8 heteroatoms. The van der Waals surface area contributed by atoms with E-state index in [0.29, 0.717) is 0 Å². The predicted octanol–water partition coefficient (Wildman–Crippen LogP) is 1.95. The lowest BCUT2D eigenvalue weighted by atomic mass is 9.95. The summed E-state index contributed by atoms with van der Waals surface area (Å²) in [6, 6.07) is 1.73. The Balaban J connectivity index is 2.04. The lowest BCUT2D eigenvalue weighted by Gasteiger charge is -2.29. The highest BCUT2D eigenvalue weighted by Crippen LogP contribution is 2.29. The first-order valence-corrected chi connectivity index (χ1v) is 6.42. The van der Waals surface area contributed by atoms with Crippen molar-refractivity contribution in [2.24, 2.45) is 0 Å². The number of halogens is 3. The van der Waals surface area contributed by atoms with Crippen LogP contribution in [0.2, 0.25) is 0 Å². The van der Waals surface area contributed by atoms with Crippen molar-refractivity contribution in [1.82, 2.24) is 24.5 Å². The molecule has 108 valence electrons. The third-order valence-electron chi connectivity index (χ3n) is 3.57. The number of aromatic nitrogens is 4. The van der Waals surface area contributed by atoms with E-state index in [-0.39, 0.29) is 11.7 Å². The predicted molar refractivity (Wildman–Crippen MR) is 65.3 cm³/mol. The standard InChI is InChI=1S/C12H14F3N5/c1-19-6-2-3-8(7-19)9-4-5-16-11-17-10(12(13,14)15)18-20(9)11/h4-5,8H,2-3,6-7H2,1H3/t8-/m0/s1. The maximum Gasteiger partial charge on any atom is 0.453 e. The molecule has 1 aliphatic rings. The Bertz CT molecular complexity index is 621. The molecular formula is C12H14F3N5. The monoisotopic (exact) mass is 285 g/mol. The largest absolute Gasteiger partial charge is 0.453 e. The van der Waals surface area contributed by atoms with Gasteiger partial charge in [-0.25, -0.2) is 9.50 Å². The summed E-state index contributed by atoms with van der Waals surface area (Å²) in [6.45, 7) is 1.82. The third-order valence-corrected chi connectivity index (χ3v) is 3.57. The van der Waals surface area contributed by atoms with Crippen LogP contribution in [0, 0.1) is 0 Å². The molecule has 0 amide bonds. The van der Waals surface area contributed by atoms with E-state index < -0.39 is 12.0 Å². The molecule has 0 saturated carbocycles.